The second-order valence-electron chi connectivity index (χ2n) is 15.1. The first kappa shape index (κ1) is 40.7. The van der Waals surface area contributed by atoms with Crippen LogP contribution in [-0.2, 0) is 6.54 Å². The normalized spacial score (nSPS) is 11.6. The Bertz CT molecular complexity index is 3130. The zero-order valence-electron chi connectivity index (χ0n) is 34.2. The molecule has 0 radical (unpaired) electrons. The van der Waals surface area contributed by atoms with E-state index in [4.69, 9.17) is 39.7 Å². The van der Waals surface area contributed by atoms with Crippen molar-refractivity contribution < 1.29 is 9.59 Å². The number of carbonyl (C=O) groups excluding carboxylic acids is 2. The number of anilines is 2. The molecule has 0 saturated carbocycles. The molecule has 0 unspecified atom stereocenters. The largest absolute Gasteiger partial charge is 0.373 e. The molecule has 0 aliphatic heterocycles. The van der Waals surface area contributed by atoms with Gasteiger partial charge in [0.2, 0.25) is 0 Å². The maximum atomic E-state index is 12.1. The van der Waals surface area contributed by atoms with Crippen LogP contribution in [0.4, 0.5) is 11.6 Å². The summed E-state index contributed by atoms with van der Waals surface area (Å²) in [6.07, 6.45) is 10.2. The van der Waals surface area contributed by atoms with Crippen LogP contribution >= 0.6 is 23.2 Å². The third-order valence-corrected chi connectivity index (χ3v) is 10.7. The predicted molar refractivity (Wildman–Crippen MR) is 239 cm³/mol. The van der Waals surface area contributed by atoms with E-state index in [-0.39, 0.29) is 23.2 Å². The Morgan fingerprint density at radius 2 is 1.20 bits per heavy atom. The minimum Gasteiger partial charge on any atom is -0.373 e. The van der Waals surface area contributed by atoms with Crippen LogP contribution in [-0.4, -0.2) is 74.2 Å². The average Bonchev–Trinajstić information content (AvgIpc) is 4.03. The van der Waals surface area contributed by atoms with Crippen LogP contribution in [0.2, 0.25) is 10.0 Å². The number of hydrogen-bond donors (Lipinski definition) is 3. The molecule has 2 amide bonds. The highest BCUT2D eigenvalue weighted by Gasteiger charge is 2.23. The van der Waals surface area contributed by atoms with Crippen molar-refractivity contribution in [3.8, 4) is 22.5 Å². The van der Waals surface area contributed by atoms with Gasteiger partial charge in [0.05, 0.1) is 33.8 Å². The Hall–Kier alpha value is -7.04. The van der Waals surface area contributed by atoms with E-state index in [1.54, 1.807) is 28.5 Å². The SMILES string of the molecule is CC(C)n1cc(-c2cc(N(C)Cc3ccccc3)n3ncc(C(N)=O)c3n2)c2cc(Cl)cnc21.CNc1cc(-c2cn(C(C)C)c3ncc(Cl)cc23)nc2c(C(N)=O)cnn12. The summed E-state index contributed by atoms with van der Waals surface area (Å²) in [5.74, 6) is 0.302. The van der Waals surface area contributed by atoms with Gasteiger partial charge < -0.3 is 30.8 Å². The minimum atomic E-state index is -0.578. The van der Waals surface area contributed by atoms with Crippen molar-refractivity contribution in [3.05, 3.63) is 119 Å². The van der Waals surface area contributed by atoms with Crippen molar-refractivity contribution in [2.75, 3.05) is 24.3 Å². The number of hydrogen-bond acceptors (Lipinski definition) is 10. The van der Waals surface area contributed by atoms with Gasteiger partial charge in [0.25, 0.3) is 11.8 Å². The quantitative estimate of drug-likeness (QED) is 0.122. The maximum absolute atomic E-state index is 12.1. The van der Waals surface area contributed by atoms with E-state index in [1.807, 2.05) is 61.9 Å². The lowest BCUT2D eigenvalue weighted by molar-refractivity contribution is 0.0993. The number of primary amides is 2. The van der Waals surface area contributed by atoms with Gasteiger partial charge in [-0.1, -0.05) is 53.5 Å². The summed E-state index contributed by atoms with van der Waals surface area (Å²) < 4.78 is 7.36. The summed E-state index contributed by atoms with van der Waals surface area (Å²) in [6, 6.07) is 18.1. The number of nitrogens with two attached hydrogens (primary N) is 2. The van der Waals surface area contributed by atoms with Crippen molar-refractivity contribution >= 4 is 80.0 Å². The zero-order valence-corrected chi connectivity index (χ0v) is 35.7. The molecule has 0 aliphatic rings. The number of nitrogens with one attached hydrogen (secondary N) is 1. The Morgan fingerprint density at radius 3 is 1.69 bits per heavy atom. The lowest BCUT2D eigenvalue weighted by Crippen LogP contribution is -2.20. The predicted octanol–water partition coefficient (Wildman–Crippen LogP) is 7.84. The average molecular weight is 858 g/mol. The van der Waals surface area contributed by atoms with Gasteiger partial charge in [-0.05, 0) is 45.4 Å². The second-order valence-corrected chi connectivity index (χ2v) is 15.9. The van der Waals surface area contributed by atoms with Gasteiger partial charge >= 0.3 is 0 Å². The molecule has 5 N–H and O–H groups in total. The van der Waals surface area contributed by atoms with Crippen LogP contribution in [0.5, 0.6) is 0 Å². The Morgan fingerprint density at radius 1 is 0.705 bits per heavy atom. The lowest BCUT2D eigenvalue weighted by Gasteiger charge is -2.21. The van der Waals surface area contributed by atoms with Crippen molar-refractivity contribution in [2.24, 2.45) is 11.5 Å². The van der Waals surface area contributed by atoms with E-state index in [1.165, 1.54) is 12.4 Å². The van der Waals surface area contributed by atoms with Gasteiger partial charge in [-0.3, -0.25) is 9.59 Å². The molecule has 0 aliphatic carbocycles. The molecule has 0 spiro atoms. The molecule has 9 rings (SSSR count). The number of aromatic nitrogens is 10. The summed E-state index contributed by atoms with van der Waals surface area (Å²) in [7, 11) is 3.76. The number of pyridine rings is 2. The Balaban J connectivity index is 0.000000173. The molecular formula is C43H42Cl2N14O2. The van der Waals surface area contributed by atoms with E-state index in [0.717, 1.165) is 44.6 Å². The van der Waals surface area contributed by atoms with E-state index < -0.39 is 11.8 Å². The minimum absolute atomic E-state index is 0.185. The van der Waals surface area contributed by atoms with Crippen LogP contribution in [0.3, 0.4) is 0 Å². The third kappa shape index (κ3) is 7.55. The van der Waals surface area contributed by atoms with Gasteiger partial charge in [-0.2, -0.15) is 19.2 Å². The third-order valence-electron chi connectivity index (χ3n) is 10.3. The smallest absolute Gasteiger partial charge is 0.254 e. The monoisotopic (exact) mass is 856 g/mol. The number of carbonyl (C=O) groups is 2. The summed E-state index contributed by atoms with van der Waals surface area (Å²) >= 11 is 12.5. The summed E-state index contributed by atoms with van der Waals surface area (Å²) in [6.45, 7) is 9.00. The first-order valence-electron chi connectivity index (χ1n) is 19.4. The molecule has 0 saturated heterocycles. The fourth-order valence-electron chi connectivity index (χ4n) is 7.33. The van der Waals surface area contributed by atoms with Crippen LogP contribution < -0.4 is 21.7 Å². The highest BCUT2D eigenvalue weighted by molar-refractivity contribution is 6.31. The van der Waals surface area contributed by atoms with E-state index >= 15 is 0 Å². The molecule has 61 heavy (non-hydrogen) atoms. The van der Waals surface area contributed by atoms with Crippen LogP contribution in [0, 0.1) is 0 Å². The summed E-state index contributed by atoms with van der Waals surface area (Å²) in [4.78, 5) is 44.5. The second kappa shape index (κ2) is 16.2. The number of benzene rings is 1. The highest BCUT2D eigenvalue weighted by atomic mass is 35.5. The molecule has 18 heteroatoms. The molecular weight excluding hydrogens is 815 g/mol. The van der Waals surface area contributed by atoms with Crippen molar-refractivity contribution in [1.82, 2.24) is 48.3 Å². The molecule has 310 valence electrons. The number of nitrogens with zero attached hydrogens (tertiary/aromatic N) is 11. The molecule has 0 bridgehead atoms. The molecule has 1 aromatic carbocycles. The molecule has 0 fully saturated rings. The standard InChI is InChI=1S/C25H24ClN7O.C18H18ClN7O/c1-15(2)32-14-20(18-9-17(26)11-28-24(18)32)21-10-22(31(3)13-16-7-5-4-6-8-16)33-25(30-21)19(12-29-33)23(27)34;1-9(2)25-8-13(11-4-10(19)6-22-17(11)25)14-5-15(21-3)26-18(24-14)12(7-23-26)16(20)27/h4-12,14-15H,13H2,1-3H3,(H2,27,34);4-9,21H,1-3H3,(H2,20,27). The summed E-state index contributed by atoms with van der Waals surface area (Å²) in [5.41, 5.74) is 18.3. The van der Waals surface area contributed by atoms with E-state index in [2.05, 4.69) is 84.3 Å². The van der Waals surface area contributed by atoms with E-state index in [9.17, 15) is 9.59 Å². The lowest BCUT2D eigenvalue weighted by atomic mass is 10.1. The van der Waals surface area contributed by atoms with Gasteiger partial charge in [-0.15, -0.1) is 0 Å². The van der Waals surface area contributed by atoms with Gasteiger partial charge in [0, 0.05) is 91.5 Å². The van der Waals surface area contributed by atoms with Crippen molar-refractivity contribution in [1.29, 1.82) is 0 Å². The molecule has 9 aromatic rings. The van der Waals surface area contributed by atoms with Gasteiger partial charge in [-0.25, -0.2) is 19.9 Å². The first-order chi connectivity index (χ1) is 29.2. The van der Waals surface area contributed by atoms with Crippen LogP contribution in [0.25, 0.3) is 55.9 Å². The maximum Gasteiger partial charge on any atom is 0.254 e. The van der Waals surface area contributed by atoms with Crippen LogP contribution in [0.15, 0.2) is 91.8 Å². The van der Waals surface area contributed by atoms with E-state index in [0.29, 0.717) is 45.1 Å². The van der Waals surface area contributed by atoms with Crippen molar-refractivity contribution in [2.45, 2.75) is 46.3 Å². The van der Waals surface area contributed by atoms with Gasteiger partial charge in [0.15, 0.2) is 11.3 Å². The first-order valence-corrected chi connectivity index (χ1v) is 20.1. The Kier molecular flexibility index (Phi) is 10.8. The molecule has 8 heterocycles. The van der Waals surface area contributed by atoms with Crippen LogP contribution in [0.1, 0.15) is 66.1 Å². The fourth-order valence-corrected chi connectivity index (χ4v) is 7.64. The topological polar surface area (TPSA) is 197 Å². The number of fused-ring (bicyclic) bond motifs is 4. The molecule has 8 aromatic heterocycles. The summed E-state index contributed by atoms with van der Waals surface area (Å²) in [5, 5.41) is 14.6. The number of rotatable bonds is 10. The number of amides is 2. The van der Waals surface area contributed by atoms with Gasteiger partial charge in [0.1, 0.15) is 34.1 Å². The number of halogens is 2. The molecule has 0 atom stereocenters. The fraction of sp³-hybridized carbons (Fsp3) is 0.209. The Labute approximate surface area is 359 Å². The van der Waals surface area contributed by atoms with Crippen molar-refractivity contribution in [3.63, 3.8) is 0 Å². The molecule has 16 nitrogen and oxygen atoms in total. The highest BCUT2D eigenvalue weighted by Crippen LogP contribution is 2.36. The zero-order chi connectivity index (χ0) is 43.3.